The quantitative estimate of drug-likeness (QED) is 0.616. The smallest absolute Gasteiger partial charge is 0.185 e. The van der Waals surface area contributed by atoms with Crippen LogP contribution in [-0.4, -0.2) is 10.9 Å². The highest BCUT2D eigenvalue weighted by molar-refractivity contribution is 6.04. The summed E-state index contributed by atoms with van der Waals surface area (Å²) in [5.74, 6) is 1.10. The summed E-state index contributed by atoms with van der Waals surface area (Å²) in [4.78, 5) is 11.7. The van der Waals surface area contributed by atoms with E-state index in [0.717, 1.165) is 5.92 Å². The van der Waals surface area contributed by atoms with Gasteiger partial charge >= 0.3 is 0 Å². The van der Waals surface area contributed by atoms with Gasteiger partial charge < -0.3 is 5.11 Å². The van der Waals surface area contributed by atoms with Crippen molar-refractivity contribution in [1.29, 1.82) is 0 Å². The Bertz CT molecular complexity index is 384. The van der Waals surface area contributed by atoms with Crippen LogP contribution in [0.2, 0.25) is 0 Å². The van der Waals surface area contributed by atoms with Crippen LogP contribution in [-0.2, 0) is 0 Å². The minimum absolute atomic E-state index is 0.0683. The molecule has 0 spiro atoms. The van der Waals surface area contributed by atoms with Crippen LogP contribution in [0.3, 0.4) is 0 Å². The van der Waals surface area contributed by atoms with E-state index in [1.165, 1.54) is 18.2 Å². The molecule has 1 aliphatic carbocycles. The maximum atomic E-state index is 11.7. The molecule has 0 heterocycles. The van der Waals surface area contributed by atoms with Gasteiger partial charge in [-0.25, -0.2) is 0 Å². The van der Waals surface area contributed by atoms with E-state index in [1.807, 2.05) is 25.7 Å². The zero-order valence-electron chi connectivity index (χ0n) is 8.63. The summed E-state index contributed by atoms with van der Waals surface area (Å²) in [6, 6.07) is 6.22. The van der Waals surface area contributed by atoms with E-state index in [4.69, 9.17) is 5.11 Å². The molecular formula is C14H11O2. The van der Waals surface area contributed by atoms with E-state index in [-0.39, 0.29) is 11.5 Å². The van der Waals surface area contributed by atoms with Gasteiger partial charge in [-0.15, -0.1) is 0 Å². The molecule has 0 unspecified atom stereocenters. The Morgan fingerprint density at radius 2 is 1.69 bits per heavy atom. The van der Waals surface area contributed by atoms with E-state index in [1.54, 1.807) is 18.2 Å². The predicted molar refractivity (Wildman–Crippen MR) is 62.0 cm³/mol. The third-order valence-corrected chi connectivity index (χ3v) is 2.27. The van der Waals surface area contributed by atoms with Gasteiger partial charge in [-0.3, -0.25) is 4.79 Å². The highest BCUT2D eigenvalue weighted by Crippen LogP contribution is 2.24. The fourth-order valence-corrected chi connectivity index (χ4v) is 1.39. The lowest BCUT2D eigenvalue weighted by Crippen LogP contribution is -1.95. The normalized spacial score (nSPS) is 17.0. The zero-order valence-corrected chi connectivity index (χ0v) is 8.63. The lowest BCUT2D eigenvalue weighted by atomic mass is 10.1. The summed E-state index contributed by atoms with van der Waals surface area (Å²) in [7, 11) is 0. The second kappa shape index (κ2) is 4.97. The number of carbonyl (C=O) groups excluding carboxylic acids is 1. The average Bonchev–Trinajstić information content (AvgIpc) is 2.80. The Morgan fingerprint density at radius 3 is 2.31 bits per heavy atom. The summed E-state index contributed by atoms with van der Waals surface area (Å²) >= 11 is 0. The Labute approximate surface area is 95.6 Å². The number of phenolic OH excluding ortho intramolecular Hbond substituents is 1. The molecule has 1 aromatic rings. The topological polar surface area (TPSA) is 37.3 Å². The van der Waals surface area contributed by atoms with Crippen LogP contribution < -0.4 is 0 Å². The molecule has 0 saturated heterocycles. The standard InChI is InChI=1S/C14H11O2/c15-13-8-6-12(7-9-13)14(16)10-5-11-3-1-2-4-11/h1-10,15H/b10-5+. The molecular weight excluding hydrogens is 200 g/mol. The fraction of sp³-hybridized carbons (Fsp3) is 0. The van der Waals surface area contributed by atoms with E-state index >= 15 is 0 Å². The molecule has 2 nitrogen and oxygen atoms in total. The molecule has 1 saturated carbocycles. The second-order valence-electron chi connectivity index (χ2n) is 3.46. The van der Waals surface area contributed by atoms with Crippen molar-refractivity contribution in [3.63, 3.8) is 0 Å². The molecule has 1 aliphatic rings. The minimum atomic E-state index is -0.0683. The van der Waals surface area contributed by atoms with Crippen molar-refractivity contribution in [3.8, 4) is 5.75 Å². The lowest BCUT2D eigenvalue weighted by Gasteiger charge is -1.99. The van der Waals surface area contributed by atoms with Gasteiger partial charge in [0.2, 0.25) is 0 Å². The summed E-state index contributed by atoms with van der Waals surface area (Å²) in [5.41, 5.74) is 0.570. The van der Waals surface area contributed by atoms with E-state index < -0.39 is 0 Å². The van der Waals surface area contributed by atoms with E-state index in [9.17, 15) is 4.79 Å². The first-order valence-electron chi connectivity index (χ1n) is 4.99. The van der Waals surface area contributed by atoms with Crippen molar-refractivity contribution in [3.05, 3.63) is 73.6 Å². The fourth-order valence-electron chi connectivity index (χ4n) is 1.39. The van der Waals surface area contributed by atoms with Crippen molar-refractivity contribution in [2.45, 2.75) is 0 Å². The number of benzene rings is 1. The Kier molecular flexibility index (Phi) is 3.40. The van der Waals surface area contributed by atoms with Gasteiger partial charge in [-0.05, 0) is 56.0 Å². The van der Waals surface area contributed by atoms with Crippen molar-refractivity contribution >= 4 is 5.78 Å². The number of carbonyl (C=O) groups is 1. The van der Waals surface area contributed by atoms with Gasteiger partial charge in [0.25, 0.3) is 0 Å². The Balaban J connectivity index is 1.99. The number of aromatic hydroxyl groups is 1. The number of allylic oxidation sites excluding steroid dienone is 2. The molecule has 2 heteroatoms. The largest absolute Gasteiger partial charge is 0.508 e. The van der Waals surface area contributed by atoms with Crippen molar-refractivity contribution in [2.75, 3.05) is 0 Å². The molecule has 0 atom stereocenters. The van der Waals surface area contributed by atoms with Gasteiger partial charge in [-0.1, -0.05) is 6.08 Å². The Morgan fingerprint density at radius 1 is 1.06 bits per heavy atom. The van der Waals surface area contributed by atoms with Crippen molar-refractivity contribution in [2.24, 2.45) is 0 Å². The van der Waals surface area contributed by atoms with Crippen molar-refractivity contribution < 1.29 is 9.90 Å². The highest BCUT2D eigenvalue weighted by Gasteiger charge is 2.13. The molecule has 0 aliphatic heterocycles. The number of hydrogen-bond acceptors (Lipinski definition) is 2. The van der Waals surface area contributed by atoms with Crippen LogP contribution >= 0.6 is 0 Å². The van der Waals surface area contributed by atoms with Crippen LogP contribution in [0.4, 0.5) is 0 Å². The number of hydrogen-bond donors (Lipinski definition) is 1. The van der Waals surface area contributed by atoms with Gasteiger partial charge in [0.05, 0.1) is 0 Å². The van der Waals surface area contributed by atoms with E-state index in [2.05, 4.69) is 0 Å². The lowest BCUT2D eigenvalue weighted by molar-refractivity contribution is 0.104. The average molecular weight is 211 g/mol. The molecule has 16 heavy (non-hydrogen) atoms. The highest BCUT2D eigenvalue weighted by atomic mass is 16.3. The predicted octanol–water partition coefficient (Wildman–Crippen LogP) is 2.54. The molecule has 5 radical (unpaired) electrons. The number of rotatable bonds is 3. The minimum Gasteiger partial charge on any atom is -0.508 e. The summed E-state index contributed by atoms with van der Waals surface area (Å²) in [5, 5.41) is 9.09. The second-order valence-corrected chi connectivity index (χ2v) is 3.46. The molecule has 0 aromatic heterocycles. The molecule has 1 aromatic carbocycles. The van der Waals surface area contributed by atoms with Gasteiger partial charge in [-0.2, -0.15) is 0 Å². The van der Waals surface area contributed by atoms with E-state index in [0.29, 0.717) is 5.56 Å². The number of ketones is 1. The first kappa shape index (κ1) is 10.9. The van der Waals surface area contributed by atoms with Crippen LogP contribution in [0.1, 0.15) is 10.4 Å². The molecule has 1 N–H and O–H groups in total. The summed E-state index contributed by atoms with van der Waals surface area (Å²) < 4.78 is 0. The third kappa shape index (κ3) is 2.72. The first-order chi connectivity index (χ1) is 7.75. The van der Waals surface area contributed by atoms with Gasteiger partial charge in [0, 0.05) is 11.5 Å². The molecule has 79 valence electrons. The molecule has 1 fully saturated rings. The summed E-state index contributed by atoms with van der Waals surface area (Å²) in [6.45, 7) is 0. The van der Waals surface area contributed by atoms with Crippen molar-refractivity contribution in [1.82, 2.24) is 0 Å². The zero-order chi connectivity index (χ0) is 11.4. The third-order valence-electron chi connectivity index (χ3n) is 2.27. The molecule has 0 bridgehead atoms. The molecule has 0 amide bonds. The monoisotopic (exact) mass is 211 g/mol. The van der Waals surface area contributed by atoms with Gasteiger partial charge in [0.1, 0.15) is 5.75 Å². The van der Waals surface area contributed by atoms with Crippen LogP contribution in [0.25, 0.3) is 0 Å². The Hall–Kier alpha value is -1.57. The van der Waals surface area contributed by atoms with Gasteiger partial charge in [0.15, 0.2) is 5.78 Å². The number of phenols is 1. The van der Waals surface area contributed by atoms with Crippen LogP contribution in [0, 0.1) is 31.6 Å². The van der Waals surface area contributed by atoms with Crippen LogP contribution in [0.5, 0.6) is 5.75 Å². The van der Waals surface area contributed by atoms with Crippen LogP contribution in [0.15, 0.2) is 36.4 Å². The first-order valence-corrected chi connectivity index (χ1v) is 4.99. The molecule has 2 rings (SSSR count). The maximum Gasteiger partial charge on any atom is 0.185 e. The maximum absolute atomic E-state index is 11.7. The summed E-state index contributed by atoms with van der Waals surface area (Å²) in [6.07, 6.45) is 11.0. The SMILES string of the molecule is O=C(/C=C/[C]1[CH][CH][CH][CH]1)c1ccc(O)cc1.